The minimum Gasteiger partial charge on any atom is -0.469 e. The van der Waals surface area contributed by atoms with Crippen LogP contribution in [0.1, 0.15) is 22.0 Å². The van der Waals surface area contributed by atoms with Crippen LogP contribution in [-0.4, -0.2) is 29.3 Å². The minimum absolute atomic E-state index is 0.124. The maximum Gasteiger partial charge on any atom is 0.307 e. The number of fused-ring (bicyclic) bond motifs is 1. The van der Waals surface area contributed by atoms with Crippen LogP contribution < -0.4 is 4.90 Å². The van der Waals surface area contributed by atoms with Crippen molar-refractivity contribution in [2.24, 2.45) is 0 Å². The van der Waals surface area contributed by atoms with E-state index in [2.05, 4.69) is 27.2 Å². The van der Waals surface area contributed by atoms with Crippen molar-refractivity contribution in [1.82, 2.24) is 10.2 Å². The number of rotatable bonds is 4. The van der Waals surface area contributed by atoms with Crippen molar-refractivity contribution in [3.63, 3.8) is 0 Å². The number of anilines is 1. The van der Waals surface area contributed by atoms with Crippen LogP contribution >= 0.6 is 11.3 Å². The van der Waals surface area contributed by atoms with Crippen LogP contribution in [0.3, 0.4) is 0 Å². The second-order valence-corrected chi connectivity index (χ2v) is 6.38. The Labute approximate surface area is 127 Å². The first-order chi connectivity index (χ1) is 10.2. The van der Waals surface area contributed by atoms with Crippen LogP contribution in [0, 0.1) is 6.92 Å². The fourth-order valence-electron chi connectivity index (χ4n) is 2.74. The van der Waals surface area contributed by atoms with Crippen LogP contribution in [0.5, 0.6) is 0 Å². The molecule has 0 N–H and O–H groups in total. The van der Waals surface area contributed by atoms with Crippen LogP contribution in [0.4, 0.5) is 5.69 Å². The molecule has 0 aliphatic carbocycles. The molecule has 5 nitrogen and oxygen atoms in total. The van der Waals surface area contributed by atoms with Gasteiger partial charge in [-0.05, 0) is 25.0 Å². The molecule has 1 aliphatic heterocycles. The number of carbonyl (C=O) groups is 1. The highest BCUT2D eigenvalue weighted by Crippen LogP contribution is 2.35. The highest BCUT2D eigenvalue weighted by molar-refractivity contribution is 7.11. The molecule has 1 aromatic heterocycles. The van der Waals surface area contributed by atoms with Crippen molar-refractivity contribution in [2.45, 2.75) is 32.4 Å². The van der Waals surface area contributed by atoms with E-state index in [1.165, 1.54) is 18.4 Å². The van der Waals surface area contributed by atoms with Gasteiger partial charge in [0.15, 0.2) is 0 Å². The number of ether oxygens (including phenoxy) is 1. The molecule has 2 aromatic rings. The van der Waals surface area contributed by atoms with Gasteiger partial charge in [-0.15, -0.1) is 10.2 Å². The lowest BCUT2D eigenvalue weighted by Gasteiger charge is -2.25. The van der Waals surface area contributed by atoms with Gasteiger partial charge in [-0.2, -0.15) is 0 Å². The summed E-state index contributed by atoms with van der Waals surface area (Å²) in [5.41, 5.74) is 2.45. The lowest BCUT2D eigenvalue weighted by molar-refractivity contribution is -0.141. The molecule has 6 heteroatoms. The third-order valence-corrected chi connectivity index (χ3v) is 4.52. The number of benzene rings is 1. The first-order valence-corrected chi connectivity index (χ1v) is 7.69. The van der Waals surface area contributed by atoms with E-state index in [9.17, 15) is 4.79 Å². The Balaban J connectivity index is 1.85. The van der Waals surface area contributed by atoms with Gasteiger partial charge >= 0.3 is 5.97 Å². The molecule has 2 heterocycles. The molecule has 1 unspecified atom stereocenters. The fraction of sp³-hybridized carbons (Fsp3) is 0.400. The maximum atomic E-state index is 11.6. The standard InChI is InChI=1S/C15H17N3O2S/c1-10-16-17-14(21-10)9-18-12(8-15(19)20-2)7-11-5-3-4-6-13(11)18/h3-6,12H,7-9H2,1-2H3. The molecule has 1 aliphatic rings. The molecule has 0 amide bonds. The van der Waals surface area contributed by atoms with E-state index in [0.717, 1.165) is 16.4 Å². The number of carbonyl (C=O) groups excluding carboxylic acids is 1. The van der Waals surface area contributed by atoms with Crippen molar-refractivity contribution < 1.29 is 9.53 Å². The Kier molecular flexibility index (Phi) is 3.88. The van der Waals surface area contributed by atoms with Crippen LogP contribution in [0.2, 0.25) is 0 Å². The zero-order valence-electron chi connectivity index (χ0n) is 12.1. The van der Waals surface area contributed by atoms with Gasteiger partial charge in [0.1, 0.15) is 10.0 Å². The van der Waals surface area contributed by atoms with Gasteiger partial charge in [-0.3, -0.25) is 4.79 Å². The summed E-state index contributed by atoms with van der Waals surface area (Å²) in [5, 5.41) is 10.2. The van der Waals surface area contributed by atoms with Gasteiger partial charge in [0, 0.05) is 11.7 Å². The Morgan fingerprint density at radius 3 is 2.95 bits per heavy atom. The fourth-order valence-corrected chi connectivity index (χ4v) is 3.45. The third kappa shape index (κ3) is 2.90. The predicted molar refractivity (Wildman–Crippen MR) is 81.4 cm³/mol. The molecule has 0 radical (unpaired) electrons. The van der Waals surface area contributed by atoms with E-state index in [0.29, 0.717) is 13.0 Å². The van der Waals surface area contributed by atoms with Gasteiger partial charge < -0.3 is 9.64 Å². The topological polar surface area (TPSA) is 55.3 Å². The molecule has 0 bridgehead atoms. The molecule has 0 saturated carbocycles. The summed E-state index contributed by atoms with van der Waals surface area (Å²) < 4.78 is 4.82. The zero-order valence-corrected chi connectivity index (χ0v) is 12.9. The first-order valence-electron chi connectivity index (χ1n) is 6.87. The number of nitrogens with zero attached hydrogens (tertiary/aromatic N) is 3. The summed E-state index contributed by atoms with van der Waals surface area (Å²) in [4.78, 5) is 13.9. The van der Waals surface area contributed by atoms with E-state index < -0.39 is 0 Å². The lowest BCUT2D eigenvalue weighted by Crippen LogP contribution is -2.33. The van der Waals surface area contributed by atoms with E-state index in [1.54, 1.807) is 11.3 Å². The Hall–Kier alpha value is -1.95. The molecule has 0 spiro atoms. The van der Waals surface area contributed by atoms with Crippen LogP contribution in [0.25, 0.3) is 0 Å². The number of esters is 1. The SMILES string of the molecule is COC(=O)CC1Cc2ccccc2N1Cc1nnc(C)s1. The van der Waals surface area contributed by atoms with Crippen molar-refractivity contribution in [1.29, 1.82) is 0 Å². The molecule has 1 atom stereocenters. The number of hydrogen-bond acceptors (Lipinski definition) is 6. The minimum atomic E-state index is -0.175. The average Bonchev–Trinajstić information content (AvgIpc) is 3.04. The Morgan fingerprint density at radius 2 is 2.24 bits per heavy atom. The molecular formula is C15H17N3O2S. The van der Waals surface area contributed by atoms with E-state index in [-0.39, 0.29) is 12.0 Å². The molecule has 0 saturated heterocycles. The summed E-state index contributed by atoms with van der Waals surface area (Å²) >= 11 is 1.60. The molecular weight excluding hydrogens is 286 g/mol. The van der Waals surface area contributed by atoms with Crippen LogP contribution in [0.15, 0.2) is 24.3 Å². The highest BCUT2D eigenvalue weighted by atomic mass is 32.1. The molecule has 21 heavy (non-hydrogen) atoms. The maximum absolute atomic E-state index is 11.6. The smallest absolute Gasteiger partial charge is 0.307 e. The second-order valence-electron chi connectivity index (χ2n) is 5.11. The monoisotopic (exact) mass is 303 g/mol. The van der Waals surface area contributed by atoms with Gasteiger partial charge in [-0.25, -0.2) is 0 Å². The zero-order chi connectivity index (χ0) is 14.8. The Morgan fingerprint density at radius 1 is 1.43 bits per heavy atom. The highest BCUT2D eigenvalue weighted by Gasteiger charge is 2.31. The predicted octanol–water partition coefficient (Wildman–Crippen LogP) is 2.34. The summed E-state index contributed by atoms with van der Waals surface area (Å²) in [6.07, 6.45) is 1.26. The van der Waals surface area contributed by atoms with E-state index in [4.69, 9.17) is 4.74 Å². The van der Waals surface area contributed by atoms with Crippen molar-refractivity contribution in [3.8, 4) is 0 Å². The molecule has 0 fully saturated rings. The average molecular weight is 303 g/mol. The van der Waals surface area contributed by atoms with Crippen molar-refractivity contribution >= 4 is 23.0 Å². The molecule has 3 rings (SSSR count). The summed E-state index contributed by atoms with van der Waals surface area (Å²) in [5.74, 6) is -0.175. The molecule has 1 aromatic carbocycles. The van der Waals surface area contributed by atoms with Crippen molar-refractivity contribution in [3.05, 3.63) is 39.8 Å². The number of aryl methyl sites for hydroxylation is 1. The normalized spacial score (nSPS) is 16.9. The van der Waals surface area contributed by atoms with Gasteiger partial charge in [0.05, 0.1) is 20.1 Å². The van der Waals surface area contributed by atoms with E-state index >= 15 is 0 Å². The van der Waals surface area contributed by atoms with Gasteiger partial charge in [0.2, 0.25) is 0 Å². The first kappa shape index (κ1) is 14.0. The summed E-state index contributed by atoms with van der Waals surface area (Å²) in [7, 11) is 1.43. The largest absolute Gasteiger partial charge is 0.469 e. The third-order valence-electron chi connectivity index (χ3n) is 3.70. The Bertz CT molecular complexity index is 656. The number of methoxy groups -OCH3 is 1. The quantitative estimate of drug-likeness (QED) is 0.812. The van der Waals surface area contributed by atoms with Gasteiger partial charge in [-0.1, -0.05) is 29.5 Å². The molecule has 110 valence electrons. The number of para-hydroxylation sites is 1. The van der Waals surface area contributed by atoms with Crippen molar-refractivity contribution in [2.75, 3.05) is 12.0 Å². The van der Waals surface area contributed by atoms with Crippen LogP contribution in [-0.2, 0) is 22.5 Å². The summed E-state index contributed by atoms with van der Waals surface area (Å²) in [6.45, 7) is 2.63. The number of aromatic nitrogens is 2. The lowest BCUT2D eigenvalue weighted by atomic mass is 10.1. The second kappa shape index (κ2) is 5.81. The number of hydrogen-bond donors (Lipinski definition) is 0. The van der Waals surface area contributed by atoms with Gasteiger partial charge in [0.25, 0.3) is 0 Å². The summed E-state index contributed by atoms with van der Waals surface area (Å²) in [6, 6.07) is 8.40. The van der Waals surface area contributed by atoms with E-state index in [1.807, 2.05) is 19.1 Å².